The van der Waals surface area contributed by atoms with Gasteiger partial charge in [0, 0.05) is 6.92 Å². The Balaban J connectivity index is 2.05. The Hall–Kier alpha value is -1.72. The summed E-state index contributed by atoms with van der Waals surface area (Å²) in [6.45, 7) is 2.09. The number of carbonyl (C=O) groups is 2. The molecule has 0 bridgehead atoms. The number of aryl methyl sites for hydroxylation is 1. The molecule has 0 aromatic carbocycles. The van der Waals surface area contributed by atoms with E-state index in [2.05, 4.69) is 10.1 Å². The van der Waals surface area contributed by atoms with E-state index in [4.69, 9.17) is 4.52 Å². The van der Waals surface area contributed by atoms with Crippen molar-refractivity contribution >= 4 is 11.7 Å². The number of nitrogens with zero attached hydrogens (tertiary/aromatic N) is 3. The van der Waals surface area contributed by atoms with E-state index < -0.39 is 0 Å². The van der Waals surface area contributed by atoms with Crippen LogP contribution in [0.5, 0.6) is 0 Å². The number of amides is 1. The van der Waals surface area contributed by atoms with Gasteiger partial charge in [0.1, 0.15) is 0 Å². The third-order valence-electron chi connectivity index (χ3n) is 1.97. The van der Waals surface area contributed by atoms with E-state index in [0.717, 1.165) is 0 Å². The Bertz CT molecular complexity index is 385. The van der Waals surface area contributed by atoms with E-state index in [1.54, 1.807) is 6.92 Å². The SMILES string of the molecule is Cc1nc(CN2CC(=O)CC2=O)no1. The summed E-state index contributed by atoms with van der Waals surface area (Å²) in [5, 5.41) is 3.65. The average Bonchev–Trinajstić information content (AvgIpc) is 2.61. The van der Waals surface area contributed by atoms with Crippen LogP contribution >= 0.6 is 0 Å². The molecular formula is C8H9N3O3. The topological polar surface area (TPSA) is 76.3 Å². The molecule has 74 valence electrons. The molecule has 0 N–H and O–H groups in total. The van der Waals surface area contributed by atoms with Gasteiger partial charge in [-0.3, -0.25) is 9.59 Å². The molecule has 1 aliphatic rings. The van der Waals surface area contributed by atoms with E-state index in [9.17, 15) is 9.59 Å². The molecule has 2 heterocycles. The van der Waals surface area contributed by atoms with Gasteiger partial charge in [-0.25, -0.2) is 0 Å². The molecule has 0 spiro atoms. The van der Waals surface area contributed by atoms with Gasteiger partial charge in [0.05, 0.1) is 19.5 Å². The Morgan fingerprint density at radius 2 is 2.29 bits per heavy atom. The van der Waals surface area contributed by atoms with Crippen molar-refractivity contribution in [3.8, 4) is 0 Å². The molecule has 6 heteroatoms. The fraction of sp³-hybridized carbons (Fsp3) is 0.500. The van der Waals surface area contributed by atoms with Crippen LogP contribution in [-0.2, 0) is 16.1 Å². The summed E-state index contributed by atoms with van der Waals surface area (Å²) >= 11 is 0. The molecule has 1 fully saturated rings. The summed E-state index contributed by atoms with van der Waals surface area (Å²) in [5.74, 6) is 0.663. The van der Waals surface area contributed by atoms with E-state index in [1.807, 2.05) is 0 Å². The number of rotatable bonds is 2. The standard InChI is InChI=1S/C8H9N3O3/c1-5-9-7(10-14-5)4-11-3-6(12)2-8(11)13/h2-4H2,1H3. The number of carbonyl (C=O) groups excluding carboxylic acids is 2. The predicted molar refractivity (Wildman–Crippen MR) is 44.1 cm³/mol. The first kappa shape index (κ1) is 8.86. The number of Topliss-reactive ketones (excluding diaryl/α,β-unsaturated/α-hetero) is 1. The number of ketones is 1. The first-order chi connectivity index (χ1) is 6.65. The second kappa shape index (κ2) is 3.21. The normalized spacial score (nSPS) is 16.8. The lowest BCUT2D eigenvalue weighted by Gasteiger charge is -2.10. The van der Waals surface area contributed by atoms with Crippen LogP contribution < -0.4 is 0 Å². The van der Waals surface area contributed by atoms with Crippen molar-refractivity contribution in [2.75, 3.05) is 6.54 Å². The van der Waals surface area contributed by atoms with Crippen LogP contribution in [-0.4, -0.2) is 33.3 Å². The molecule has 14 heavy (non-hydrogen) atoms. The van der Waals surface area contributed by atoms with Crippen molar-refractivity contribution in [1.82, 2.24) is 15.0 Å². The summed E-state index contributed by atoms with van der Waals surface area (Å²) in [6, 6.07) is 0. The fourth-order valence-electron chi connectivity index (χ4n) is 1.36. The van der Waals surface area contributed by atoms with E-state index in [1.165, 1.54) is 4.90 Å². The van der Waals surface area contributed by atoms with Crippen molar-refractivity contribution in [3.63, 3.8) is 0 Å². The van der Waals surface area contributed by atoms with Crippen LogP contribution in [0.25, 0.3) is 0 Å². The van der Waals surface area contributed by atoms with Crippen LogP contribution in [0.1, 0.15) is 18.1 Å². The minimum atomic E-state index is -0.169. The van der Waals surface area contributed by atoms with Gasteiger partial charge < -0.3 is 9.42 Å². The van der Waals surface area contributed by atoms with Gasteiger partial charge in [-0.2, -0.15) is 4.98 Å². The maximum absolute atomic E-state index is 11.2. The van der Waals surface area contributed by atoms with Crippen LogP contribution in [0.2, 0.25) is 0 Å². The number of aromatic nitrogens is 2. The molecule has 0 atom stereocenters. The molecule has 0 radical (unpaired) electrons. The van der Waals surface area contributed by atoms with Crippen molar-refractivity contribution < 1.29 is 14.1 Å². The Labute approximate surface area is 79.9 Å². The van der Waals surface area contributed by atoms with Crippen LogP contribution in [0.15, 0.2) is 4.52 Å². The highest BCUT2D eigenvalue weighted by molar-refractivity contribution is 6.05. The zero-order valence-electron chi connectivity index (χ0n) is 7.69. The number of likely N-dealkylation sites (tertiary alicyclic amines) is 1. The summed E-state index contributed by atoms with van der Waals surface area (Å²) in [7, 11) is 0. The van der Waals surface area contributed by atoms with Gasteiger partial charge >= 0.3 is 0 Å². The quantitative estimate of drug-likeness (QED) is 0.604. The number of hydrogen-bond donors (Lipinski definition) is 0. The van der Waals surface area contributed by atoms with Gasteiger partial charge in [-0.15, -0.1) is 0 Å². The van der Waals surface area contributed by atoms with E-state index >= 15 is 0 Å². The van der Waals surface area contributed by atoms with Crippen molar-refractivity contribution in [3.05, 3.63) is 11.7 Å². The molecule has 0 unspecified atom stereocenters. The van der Waals surface area contributed by atoms with Gasteiger partial charge in [0.25, 0.3) is 0 Å². The van der Waals surface area contributed by atoms with Gasteiger partial charge in [0.15, 0.2) is 11.6 Å². The fourth-order valence-corrected chi connectivity index (χ4v) is 1.36. The Morgan fingerprint density at radius 1 is 1.50 bits per heavy atom. The molecule has 1 amide bonds. The van der Waals surface area contributed by atoms with Gasteiger partial charge in [-0.1, -0.05) is 5.16 Å². The summed E-state index contributed by atoms with van der Waals surface area (Å²) < 4.78 is 4.75. The highest BCUT2D eigenvalue weighted by atomic mass is 16.5. The molecule has 2 rings (SSSR count). The van der Waals surface area contributed by atoms with Gasteiger partial charge in [0.2, 0.25) is 11.8 Å². The average molecular weight is 195 g/mol. The van der Waals surface area contributed by atoms with Crippen LogP contribution in [0, 0.1) is 6.92 Å². The molecule has 6 nitrogen and oxygen atoms in total. The summed E-state index contributed by atoms with van der Waals surface area (Å²) in [4.78, 5) is 27.5. The predicted octanol–water partition coefficient (Wildman–Crippen LogP) is -0.321. The van der Waals surface area contributed by atoms with Crippen molar-refractivity contribution in [2.24, 2.45) is 0 Å². The van der Waals surface area contributed by atoms with E-state index in [-0.39, 0.29) is 31.2 Å². The minimum absolute atomic E-state index is 0.00314. The Morgan fingerprint density at radius 3 is 2.79 bits per heavy atom. The monoisotopic (exact) mass is 195 g/mol. The molecule has 1 aliphatic heterocycles. The lowest BCUT2D eigenvalue weighted by Crippen LogP contribution is -2.25. The Kier molecular flexibility index (Phi) is 2.03. The number of hydrogen-bond acceptors (Lipinski definition) is 5. The molecule has 0 saturated carbocycles. The summed E-state index contributed by atoms with van der Waals surface area (Å²) in [6.07, 6.45) is -0.00314. The molecule has 1 aromatic heterocycles. The maximum Gasteiger partial charge on any atom is 0.230 e. The highest BCUT2D eigenvalue weighted by Gasteiger charge is 2.28. The van der Waals surface area contributed by atoms with Gasteiger partial charge in [-0.05, 0) is 0 Å². The second-order valence-electron chi connectivity index (χ2n) is 3.19. The maximum atomic E-state index is 11.2. The second-order valence-corrected chi connectivity index (χ2v) is 3.19. The smallest absolute Gasteiger partial charge is 0.230 e. The molecule has 0 aliphatic carbocycles. The zero-order valence-corrected chi connectivity index (χ0v) is 7.69. The minimum Gasteiger partial charge on any atom is -0.340 e. The zero-order chi connectivity index (χ0) is 10.1. The van der Waals surface area contributed by atoms with Crippen LogP contribution in [0.3, 0.4) is 0 Å². The summed E-state index contributed by atoms with van der Waals surface area (Å²) in [5.41, 5.74) is 0. The third-order valence-corrected chi connectivity index (χ3v) is 1.97. The largest absolute Gasteiger partial charge is 0.340 e. The van der Waals surface area contributed by atoms with Crippen LogP contribution in [0.4, 0.5) is 0 Å². The third kappa shape index (κ3) is 1.63. The molecule has 1 saturated heterocycles. The first-order valence-electron chi connectivity index (χ1n) is 4.24. The molecule has 1 aromatic rings. The molecular weight excluding hydrogens is 186 g/mol. The highest BCUT2D eigenvalue weighted by Crippen LogP contribution is 2.09. The van der Waals surface area contributed by atoms with Crippen molar-refractivity contribution in [1.29, 1.82) is 0 Å². The lowest BCUT2D eigenvalue weighted by atomic mass is 10.3. The van der Waals surface area contributed by atoms with Crippen molar-refractivity contribution in [2.45, 2.75) is 19.9 Å². The van der Waals surface area contributed by atoms with E-state index in [0.29, 0.717) is 11.7 Å². The first-order valence-corrected chi connectivity index (χ1v) is 4.24. The lowest BCUT2D eigenvalue weighted by molar-refractivity contribution is -0.128.